The van der Waals surface area contributed by atoms with Gasteiger partial charge in [-0.1, -0.05) is 30.3 Å². The Kier molecular flexibility index (Phi) is 4.81. The fourth-order valence-corrected chi connectivity index (χ4v) is 4.25. The molecular formula is C19H21N5OS. The highest BCUT2D eigenvalue weighted by molar-refractivity contribution is 7.15. The van der Waals surface area contributed by atoms with E-state index in [0.717, 1.165) is 31.5 Å². The lowest BCUT2D eigenvalue weighted by atomic mass is 9.97. The second-order valence-corrected chi connectivity index (χ2v) is 7.54. The Morgan fingerprint density at radius 2 is 2.04 bits per heavy atom. The molecule has 7 heteroatoms. The topological polar surface area (TPSA) is 71.8 Å². The van der Waals surface area contributed by atoms with Gasteiger partial charge in [-0.05, 0) is 31.8 Å². The summed E-state index contributed by atoms with van der Waals surface area (Å²) in [6.07, 6.45) is 5.89. The van der Waals surface area contributed by atoms with Crippen molar-refractivity contribution in [2.45, 2.75) is 18.8 Å². The molecule has 0 aliphatic carbocycles. The summed E-state index contributed by atoms with van der Waals surface area (Å²) in [5.41, 5.74) is 2.16. The van der Waals surface area contributed by atoms with E-state index in [9.17, 15) is 4.79 Å². The third-order valence-electron chi connectivity index (χ3n) is 4.61. The molecule has 2 aromatic heterocycles. The summed E-state index contributed by atoms with van der Waals surface area (Å²) in [6, 6.07) is 9.75. The van der Waals surface area contributed by atoms with E-state index in [-0.39, 0.29) is 5.91 Å². The van der Waals surface area contributed by atoms with Gasteiger partial charge in [0, 0.05) is 29.9 Å². The number of anilines is 1. The van der Waals surface area contributed by atoms with Crippen molar-refractivity contribution in [3.05, 3.63) is 53.2 Å². The first-order valence-electron chi connectivity index (χ1n) is 8.77. The number of nitrogens with one attached hydrogen (secondary N) is 2. The molecule has 1 aliphatic heterocycles. The molecule has 1 fully saturated rings. The van der Waals surface area contributed by atoms with Crippen LogP contribution in [0.25, 0.3) is 11.3 Å². The van der Waals surface area contributed by atoms with Crippen LogP contribution in [0, 0.1) is 0 Å². The van der Waals surface area contributed by atoms with Crippen LogP contribution < -0.4 is 10.6 Å². The largest absolute Gasteiger partial charge is 0.317 e. The molecule has 0 radical (unpaired) electrons. The third kappa shape index (κ3) is 3.54. The second kappa shape index (κ2) is 7.39. The monoisotopic (exact) mass is 367 g/mol. The lowest BCUT2D eigenvalue weighted by molar-refractivity contribution is 0.102. The Labute approximate surface area is 156 Å². The van der Waals surface area contributed by atoms with Crippen molar-refractivity contribution in [2.24, 2.45) is 7.05 Å². The maximum absolute atomic E-state index is 12.8. The van der Waals surface area contributed by atoms with Crippen LogP contribution in [0.3, 0.4) is 0 Å². The van der Waals surface area contributed by atoms with E-state index >= 15 is 0 Å². The van der Waals surface area contributed by atoms with Crippen LogP contribution in [0.2, 0.25) is 0 Å². The van der Waals surface area contributed by atoms with Crippen LogP contribution in [0.5, 0.6) is 0 Å². The molecule has 4 rings (SSSR count). The Morgan fingerprint density at radius 3 is 2.81 bits per heavy atom. The first-order valence-corrected chi connectivity index (χ1v) is 9.59. The SMILES string of the molecule is Cn1cc(C(=O)Nc2ncc(C3CCNCC3)s2)c(-c2ccccc2)n1. The number of hydrogen-bond donors (Lipinski definition) is 2. The van der Waals surface area contributed by atoms with Gasteiger partial charge in [0.25, 0.3) is 5.91 Å². The summed E-state index contributed by atoms with van der Waals surface area (Å²) >= 11 is 1.57. The van der Waals surface area contributed by atoms with E-state index < -0.39 is 0 Å². The minimum absolute atomic E-state index is 0.178. The van der Waals surface area contributed by atoms with Gasteiger partial charge in [0.05, 0.1) is 5.56 Å². The molecule has 0 spiro atoms. The average molecular weight is 367 g/mol. The lowest BCUT2D eigenvalue weighted by Crippen LogP contribution is -2.26. The molecule has 1 aromatic carbocycles. The van der Waals surface area contributed by atoms with Gasteiger partial charge in [0.15, 0.2) is 5.13 Å². The molecule has 2 N–H and O–H groups in total. The molecule has 1 amide bonds. The summed E-state index contributed by atoms with van der Waals surface area (Å²) in [5, 5.41) is 11.4. The normalized spacial score (nSPS) is 15.1. The van der Waals surface area contributed by atoms with Crippen LogP contribution in [-0.2, 0) is 7.05 Å². The molecule has 134 valence electrons. The van der Waals surface area contributed by atoms with Crippen LogP contribution in [0.4, 0.5) is 5.13 Å². The predicted octanol–water partition coefficient (Wildman–Crippen LogP) is 3.26. The van der Waals surface area contributed by atoms with E-state index in [1.807, 2.05) is 43.6 Å². The number of piperidine rings is 1. The minimum atomic E-state index is -0.178. The number of aromatic nitrogens is 3. The quantitative estimate of drug-likeness (QED) is 0.742. The summed E-state index contributed by atoms with van der Waals surface area (Å²) in [6.45, 7) is 2.08. The van der Waals surface area contributed by atoms with Crippen molar-refractivity contribution in [3.63, 3.8) is 0 Å². The van der Waals surface area contributed by atoms with Crippen molar-refractivity contribution in [2.75, 3.05) is 18.4 Å². The highest BCUT2D eigenvalue weighted by Crippen LogP contribution is 2.32. The van der Waals surface area contributed by atoms with E-state index in [1.165, 1.54) is 4.88 Å². The fourth-order valence-electron chi connectivity index (χ4n) is 3.27. The molecule has 0 saturated carbocycles. The zero-order chi connectivity index (χ0) is 17.9. The van der Waals surface area contributed by atoms with Gasteiger partial charge in [-0.2, -0.15) is 5.10 Å². The summed E-state index contributed by atoms with van der Waals surface area (Å²) < 4.78 is 1.67. The second-order valence-electron chi connectivity index (χ2n) is 6.48. The van der Waals surface area contributed by atoms with Gasteiger partial charge < -0.3 is 5.32 Å². The summed E-state index contributed by atoms with van der Waals surface area (Å²) in [7, 11) is 1.82. The summed E-state index contributed by atoms with van der Waals surface area (Å²) in [5.74, 6) is 0.362. The average Bonchev–Trinajstić information content (AvgIpc) is 3.30. The van der Waals surface area contributed by atoms with E-state index in [1.54, 1.807) is 22.2 Å². The van der Waals surface area contributed by atoms with E-state index in [0.29, 0.717) is 22.3 Å². The van der Waals surface area contributed by atoms with Crippen molar-refractivity contribution >= 4 is 22.4 Å². The predicted molar refractivity (Wildman–Crippen MR) is 104 cm³/mol. The van der Waals surface area contributed by atoms with Gasteiger partial charge in [0.1, 0.15) is 5.69 Å². The molecule has 3 heterocycles. The highest BCUT2D eigenvalue weighted by atomic mass is 32.1. The molecule has 0 bridgehead atoms. The molecule has 0 unspecified atom stereocenters. The summed E-state index contributed by atoms with van der Waals surface area (Å²) in [4.78, 5) is 18.5. The van der Waals surface area contributed by atoms with Gasteiger partial charge in [-0.15, -0.1) is 11.3 Å². The van der Waals surface area contributed by atoms with Crippen molar-refractivity contribution < 1.29 is 4.79 Å². The Morgan fingerprint density at radius 1 is 1.27 bits per heavy atom. The van der Waals surface area contributed by atoms with Crippen molar-refractivity contribution in [1.29, 1.82) is 0 Å². The Balaban J connectivity index is 1.53. The van der Waals surface area contributed by atoms with Crippen molar-refractivity contribution in [1.82, 2.24) is 20.1 Å². The van der Waals surface area contributed by atoms with Gasteiger partial charge in [-0.3, -0.25) is 14.8 Å². The molecule has 6 nitrogen and oxygen atoms in total. The Bertz CT molecular complexity index is 896. The van der Waals surface area contributed by atoms with Crippen molar-refractivity contribution in [3.8, 4) is 11.3 Å². The van der Waals surface area contributed by atoms with Gasteiger partial charge in [0.2, 0.25) is 0 Å². The number of nitrogens with zero attached hydrogens (tertiary/aromatic N) is 3. The number of rotatable bonds is 4. The number of amides is 1. The van der Waals surface area contributed by atoms with Gasteiger partial charge >= 0.3 is 0 Å². The smallest absolute Gasteiger partial charge is 0.261 e. The first kappa shape index (κ1) is 16.9. The first-order chi connectivity index (χ1) is 12.7. The number of carbonyl (C=O) groups excluding carboxylic acids is 1. The van der Waals surface area contributed by atoms with Gasteiger partial charge in [-0.25, -0.2) is 4.98 Å². The molecular weight excluding hydrogens is 346 g/mol. The fraction of sp³-hybridized carbons (Fsp3) is 0.316. The number of benzene rings is 1. The van der Waals surface area contributed by atoms with Crippen LogP contribution in [-0.4, -0.2) is 33.8 Å². The minimum Gasteiger partial charge on any atom is -0.317 e. The standard InChI is InChI=1S/C19H21N5OS/c1-24-12-15(17(23-24)14-5-3-2-4-6-14)18(25)22-19-21-11-16(26-19)13-7-9-20-10-8-13/h2-6,11-13,20H,7-10H2,1H3,(H,21,22,25). The number of aryl methyl sites for hydroxylation is 1. The van der Waals surface area contributed by atoms with Crippen LogP contribution in [0.1, 0.15) is 34.0 Å². The molecule has 1 saturated heterocycles. The third-order valence-corrected chi connectivity index (χ3v) is 5.68. The van der Waals surface area contributed by atoms with Crippen LogP contribution >= 0.6 is 11.3 Å². The number of carbonyl (C=O) groups is 1. The molecule has 26 heavy (non-hydrogen) atoms. The molecule has 0 atom stereocenters. The molecule has 3 aromatic rings. The maximum Gasteiger partial charge on any atom is 0.261 e. The molecule has 1 aliphatic rings. The number of thiazole rings is 1. The lowest BCUT2D eigenvalue weighted by Gasteiger charge is -2.20. The number of hydrogen-bond acceptors (Lipinski definition) is 5. The Hall–Kier alpha value is -2.51. The van der Waals surface area contributed by atoms with Crippen LogP contribution in [0.15, 0.2) is 42.7 Å². The highest BCUT2D eigenvalue weighted by Gasteiger charge is 2.21. The zero-order valence-electron chi connectivity index (χ0n) is 14.6. The zero-order valence-corrected chi connectivity index (χ0v) is 15.4. The maximum atomic E-state index is 12.8. The van der Waals surface area contributed by atoms with E-state index in [4.69, 9.17) is 0 Å². The van der Waals surface area contributed by atoms with E-state index in [2.05, 4.69) is 20.7 Å².